The van der Waals surface area contributed by atoms with E-state index in [2.05, 4.69) is 5.32 Å². The number of alkyl halides is 3. The number of amides is 2. The fourth-order valence-corrected chi connectivity index (χ4v) is 4.03. The van der Waals surface area contributed by atoms with Crippen molar-refractivity contribution in [1.82, 2.24) is 10.2 Å². The first kappa shape index (κ1) is 25.1. The van der Waals surface area contributed by atoms with Crippen LogP contribution < -0.4 is 5.32 Å². The number of hydrogen-bond acceptors (Lipinski definition) is 4. The smallest absolute Gasteiger partial charge is 0.407 e. The van der Waals surface area contributed by atoms with Gasteiger partial charge in [-0.05, 0) is 36.1 Å². The van der Waals surface area contributed by atoms with E-state index in [0.29, 0.717) is 0 Å². The Morgan fingerprint density at radius 2 is 1.53 bits per heavy atom. The minimum atomic E-state index is -4.76. The van der Waals surface area contributed by atoms with Gasteiger partial charge in [0.1, 0.15) is 19.7 Å². The van der Waals surface area contributed by atoms with Gasteiger partial charge >= 0.3 is 18.2 Å². The number of hydrogen-bond donors (Lipinski definition) is 2. The highest BCUT2D eigenvalue weighted by atomic mass is 19.4. The van der Waals surface area contributed by atoms with Gasteiger partial charge in [0.05, 0.1) is 5.41 Å². The minimum absolute atomic E-state index is 0.0352. The summed E-state index contributed by atoms with van der Waals surface area (Å²) in [4.78, 5) is 36.1. The first-order chi connectivity index (χ1) is 15.9. The van der Waals surface area contributed by atoms with E-state index in [9.17, 15) is 27.6 Å². The lowest BCUT2D eigenvalue weighted by Gasteiger charge is -2.31. The van der Waals surface area contributed by atoms with Crippen molar-refractivity contribution in [1.29, 1.82) is 0 Å². The molecule has 0 aromatic heterocycles. The molecular formula is C24H25F3N2O5. The van der Waals surface area contributed by atoms with Crippen molar-refractivity contribution in [3.05, 3.63) is 59.7 Å². The number of alkyl carbamates (subject to hydrolysis) is 1. The zero-order valence-corrected chi connectivity index (χ0v) is 18.7. The first-order valence-electron chi connectivity index (χ1n) is 10.6. The number of nitrogens with one attached hydrogen (secondary N) is 1. The van der Waals surface area contributed by atoms with Crippen LogP contribution in [0, 0.1) is 5.41 Å². The Balaban J connectivity index is 1.61. The summed E-state index contributed by atoms with van der Waals surface area (Å²) in [5.74, 6) is -2.80. The van der Waals surface area contributed by atoms with Gasteiger partial charge in [-0.25, -0.2) is 4.79 Å². The molecule has 7 nitrogen and oxygen atoms in total. The average molecular weight is 478 g/mol. The standard InChI is InChI=1S/C24H25F3N2O5/c1-23(2,21(32)29(11-20(30)31)14-24(25,26)27)13-28-22(33)34-12-19-17-9-5-3-7-15(17)16-8-4-6-10-18(16)19/h3-10,19H,11-14H2,1-2H3,(H,28,33)(H,30,31). The molecule has 0 saturated heterocycles. The molecule has 0 bridgehead atoms. The molecule has 1 aliphatic rings. The molecule has 0 fully saturated rings. The second-order valence-corrected chi connectivity index (χ2v) is 8.73. The zero-order valence-electron chi connectivity index (χ0n) is 18.7. The molecular weight excluding hydrogens is 453 g/mol. The van der Waals surface area contributed by atoms with E-state index < -0.39 is 42.7 Å². The molecule has 2 aromatic carbocycles. The summed E-state index contributed by atoms with van der Waals surface area (Å²) >= 11 is 0. The molecule has 0 atom stereocenters. The van der Waals surface area contributed by atoms with Crippen LogP contribution in [0.4, 0.5) is 18.0 Å². The first-order valence-corrected chi connectivity index (χ1v) is 10.6. The van der Waals surface area contributed by atoms with Gasteiger partial charge in [0.25, 0.3) is 0 Å². The van der Waals surface area contributed by atoms with Crippen LogP contribution in [0.2, 0.25) is 0 Å². The van der Waals surface area contributed by atoms with E-state index in [-0.39, 0.29) is 24.0 Å². The number of carboxylic acid groups (broad SMARTS) is 1. The molecule has 34 heavy (non-hydrogen) atoms. The van der Waals surface area contributed by atoms with Crippen molar-refractivity contribution >= 4 is 18.0 Å². The number of ether oxygens (including phenoxy) is 1. The lowest BCUT2D eigenvalue weighted by Crippen LogP contribution is -2.51. The third kappa shape index (κ3) is 5.86. The number of halogens is 3. The van der Waals surface area contributed by atoms with Crippen LogP contribution in [-0.4, -0.2) is 60.4 Å². The van der Waals surface area contributed by atoms with E-state index in [1.807, 2.05) is 48.5 Å². The predicted octanol–water partition coefficient (Wildman–Crippen LogP) is 4.03. The number of benzene rings is 2. The highest BCUT2D eigenvalue weighted by Crippen LogP contribution is 2.44. The molecule has 0 radical (unpaired) electrons. The van der Waals surface area contributed by atoms with E-state index in [0.717, 1.165) is 22.3 Å². The molecule has 3 rings (SSSR count). The van der Waals surface area contributed by atoms with Crippen LogP contribution >= 0.6 is 0 Å². The second kappa shape index (κ2) is 9.74. The summed E-state index contributed by atoms with van der Waals surface area (Å²) in [6, 6.07) is 15.6. The predicted molar refractivity (Wildman–Crippen MR) is 117 cm³/mol. The Kier molecular flexibility index (Phi) is 7.18. The Labute approximate surface area is 194 Å². The summed E-state index contributed by atoms with van der Waals surface area (Å²) in [7, 11) is 0. The molecule has 1 aliphatic carbocycles. The van der Waals surface area contributed by atoms with Crippen molar-refractivity contribution in [2.45, 2.75) is 25.9 Å². The maximum atomic E-state index is 12.8. The van der Waals surface area contributed by atoms with E-state index in [1.165, 1.54) is 13.8 Å². The van der Waals surface area contributed by atoms with Crippen molar-refractivity contribution in [2.75, 3.05) is 26.2 Å². The van der Waals surface area contributed by atoms with Gasteiger partial charge in [-0.1, -0.05) is 48.5 Å². The van der Waals surface area contributed by atoms with Gasteiger partial charge in [0.2, 0.25) is 5.91 Å². The topological polar surface area (TPSA) is 95.9 Å². The largest absolute Gasteiger partial charge is 0.480 e. The van der Waals surface area contributed by atoms with Crippen LogP contribution in [0.3, 0.4) is 0 Å². The minimum Gasteiger partial charge on any atom is -0.480 e. The Morgan fingerprint density at radius 3 is 2.03 bits per heavy atom. The molecule has 0 spiro atoms. The van der Waals surface area contributed by atoms with Gasteiger partial charge in [0, 0.05) is 12.5 Å². The van der Waals surface area contributed by atoms with Crippen molar-refractivity contribution in [3.8, 4) is 11.1 Å². The number of nitrogens with zero attached hydrogens (tertiary/aromatic N) is 1. The number of fused-ring (bicyclic) bond motifs is 3. The normalized spacial score (nSPS) is 13.1. The maximum absolute atomic E-state index is 12.8. The molecule has 0 aliphatic heterocycles. The van der Waals surface area contributed by atoms with Crippen molar-refractivity contribution in [3.63, 3.8) is 0 Å². The van der Waals surface area contributed by atoms with Crippen LogP contribution in [-0.2, 0) is 14.3 Å². The summed E-state index contributed by atoms with van der Waals surface area (Å²) in [6.07, 6.45) is -5.59. The molecule has 182 valence electrons. The van der Waals surface area contributed by atoms with E-state index in [1.54, 1.807) is 0 Å². The van der Waals surface area contributed by atoms with Crippen molar-refractivity contribution in [2.24, 2.45) is 5.41 Å². The second-order valence-electron chi connectivity index (χ2n) is 8.73. The Morgan fingerprint density at radius 1 is 1.00 bits per heavy atom. The highest BCUT2D eigenvalue weighted by Gasteiger charge is 2.40. The monoisotopic (exact) mass is 478 g/mol. The lowest BCUT2D eigenvalue weighted by molar-refractivity contribution is -0.170. The molecule has 2 aromatic rings. The Bertz CT molecular complexity index is 1040. The number of carbonyl (C=O) groups excluding carboxylic acids is 2. The fourth-order valence-electron chi connectivity index (χ4n) is 4.03. The molecule has 0 saturated carbocycles. The van der Waals surface area contributed by atoms with Crippen molar-refractivity contribution < 1.29 is 37.4 Å². The summed E-state index contributed by atoms with van der Waals surface area (Å²) in [5.41, 5.74) is 2.66. The quantitative estimate of drug-likeness (QED) is 0.598. The third-order valence-electron chi connectivity index (χ3n) is 5.58. The zero-order chi connectivity index (χ0) is 25.1. The Hall–Kier alpha value is -3.56. The number of rotatable bonds is 8. The van der Waals surface area contributed by atoms with Gasteiger partial charge in [0.15, 0.2) is 0 Å². The number of carboxylic acids is 1. The SMILES string of the molecule is CC(C)(CNC(=O)OCC1c2ccccc2-c2ccccc21)C(=O)N(CC(=O)O)CC(F)(F)F. The van der Waals surface area contributed by atoms with Gasteiger partial charge in [-0.3, -0.25) is 9.59 Å². The summed E-state index contributed by atoms with van der Waals surface area (Å²) in [5, 5.41) is 11.3. The van der Waals surface area contributed by atoms with Gasteiger partial charge in [-0.15, -0.1) is 0 Å². The molecule has 10 heteroatoms. The fraction of sp³-hybridized carbons (Fsp3) is 0.375. The molecule has 0 unspecified atom stereocenters. The number of carbonyl (C=O) groups is 3. The van der Waals surface area contributed by atoms with Crippen LogP contribution in [0.15, 0.2) is 48.5 Å². The van der Waals surface area contributed by atoms with Gasteiger partial charge < -0.3 is 20.1 Å². The maximum Gasteiger partial charge on any atom is 0.407 e. The van der Waals surface area contributed by atoms with Crippen LogP contribution in [0.1, 0.15) is 30.9 Å². The molecule has 2 N–H and O–H groups in total. The average Bonchev–Trinajstić information content (AvgIpc) is 3.08. The molecule has 2 amide bonds. The number of aliphatic carboxylic acids is 1. The van der Waals surface area contributed by atoms with E-state index >= 15 is 0 Å². The summed E-state index contributed by atoms with van der Waals surface area (Å²) in [6.45, 7) is -0.461. The van der Waals surface area contributed by atoms with Crippen LogP contribution in [0.25, 0.3) is 11.1 Å². The van der Waals surface area contributed by atoms with Crippen LogP contribution in [0.5, 0.6) is 0 Å². The highest BCUT2D eigenvalue weighted by molar-refractivity contribution is 5.86. The van der Waals surface area contributed by atoms with Gasteiger partial charge in [-0.2, -0.15) is 13.2 Å². The summed E-state index contributed by atoms with van der Waals surface area (Å²) < 4.78 is 43.8. The third-order valence-corrected chi connectivity index (χ3v) is 5.58. The molecule has 0 heterocycles. The lowest BCUT2D eigenvalue weighted by atomic mass is 9.91. The van der Waals surface area contributed by atoms with E-state index in [4.69, 9.17) is 9.84 Å².